The molecule has 0 atom stereocenters. The molecule has 110 valence electrons. The number of nitrogens with two attached hydrogens (primary N) is 1. The maximum absolute atomic E-state index is 12.4. The maximum Gasteiger partial charge on any atom is 0.416 e. The van der Waals surface area contributed by atoms with E-state index in [0.717, 1.165) is 22.6 Å². The van der Waals surface area contributed by atoms with Gasteiger partial charge in [0, 0.05) is 16.2 Å². The van der Waals surface area contributed by atoms with Gasteiger partial charge in [-0.15, -0.1) is 11.8 Å². The molecule has 0 unspecified atom stereocenters. The lowest BCUT2D eigenvalue weighted by Gasteiger charge is -2.07. The monoisotopic (exact) mass is 311 g/mol. The van der Waals surface area contributed by atoms with Gasteiger partial charge in [0.2, 0.25) is 5.91 Å². The van der Waals surface area contributed by atoms with E-state index in [4.69, 9.17) is 5.73 Å². The molecular weight excluding hydrogens is 299 g/mol. The summed E-state index contributed by atoms with van der Waals surface area (Å²) in [6.45, 7) is 0. The predicted octanol–water partition coefficient (Wildman–Crippen LogP) is 4.10. The van der Waals surface area contributed by atoms with E-state index >= 15 is 0 Å². The Morgan fingerprint density at radius 3 is 2.05 bits per heavy atom. The molecule has 2 N–H and O–H groups in total. The van der Waals surface area contributed by atoms with E-state index in [1.807, 2.05) is 0 Å². The summed E-state index contributed by atoms with van der Waals surface area (Å²) in [6.07, 6.45) is -4.31. The molecule has 21 heavy (non-hydrogen) atoms. The van der Waals surface area contributed by atoms with Crippen molar-refractivity contribution in [3.63, 3.8) is 0 Å². The number of thioether (sulfide) groups is 1. The van der Waals surface area contributed by atoms with Gasteiger partial charge in [-0.1, -0.05) is 12.1 Å². The fourth-order valence-electron chi connectivity index (χ4n) is 1.67. The minimum Gasteiger partial charge on any atom is -0.366 e. The molecular formula is C15H12F3NOS. The molecule has 6 heteroatoms. The number of carbonyl (C=O) groups is 1. The Balaban J connectivity index is 1.98. The van der Waals surface area contributed by atoms with Crippen LogP contribution in [0.3, 0.4) is 0 Å². The lowest BCUT2D eigenvalue weighted by atomic mass is 10.1. The van der Waals surface area contributed by atoms with Crippen molar-refractivity contribution in [3.05, 3.63) is 65.2 Å². The topological polar surface area (TPSA) is 43.1 Å². The van der Waals surface area contributed by atoms with Crippen molar-refractivity contribution >= 4 is 17.7 Å². The van der Waals surface area contributed by atoms with Gasteiger partial charge in [0.1, 0.15) is 0 Å². The van der Waals surface area contributed by atoms with Gasteiger partial charge in [0.15, 0.2) is 0 Å². The average molecular weight is 311 g/mol. The van der Waals surface area contributed by atoms with Crippen molar-refractivity contribution in [2.45, 2.75) is 16.8 Å². The molecule has 2 aromatic carbocycles. The van der Waals surface area contributed by atoms with E-state index in [2.05, 4.69) is 0 Å². The zero-order valence-electron chi connectivity index (χ0n) is 10.9. The van der Waals surface area contributed by atoms with Crippen LogP contribution in [0.5, 0.6) is 0 Å². The summed E-state index contributed by atoms with van der Waals surface area (Å²) in [5.41, 5.74) is 5.88. The smallest absolute Gasteiger partial charge is 0.366 e. The molecule has 0 heterocycles. The van der Waals surface area contributed by atoms with E-state index in [9.17, 15) is 18.0 Å². The highest BCUT2D eigenvalue weighted by Crippen LogP contribution is 2.31. The van der Waals surface area contributed by atoms with Crippen LogP contribution in [0.15, 0.2) is 53.4 Å². The second-order valence-electron chi connectivity index (χ2n) is 4.37. The summed E-state index contributed by atoms with van der Waals surface area (Å²) in [7, 11) is 0. The van der Waals surface area contributed by atoms with E-state index in [1.165, 1.54) is 23.9 Å². The molecule has 0 radical (unpaired) electrons. The Morgan fingerprint density at radius 1 is 1.00 bits per heavy atom. The highest BCUT2D eigenvalue weighted by atomic mass is 32.2. The van der Waals surface area contributed by atoms with E-state index in [-0.39, 0.29) is 0 Å². The molecule has 0 aliphatic heterocycles. The maximum atomic E-state index is 12.4. The van der Waals surface area contributed by atoms with Gasteiger partial charge in [0.25, 0.3) is 0 Å². The Morgan fingerprint density at radius 2 is 1.57 bits per heavy atom. The zero-order valence-corrected chi connectivity index (χ0v) is 11.7. The Bertz CT molecular complexity index is 621. The standard InChI is InChI=1S/C15H12F3NOS/c16-15(17,18)12-5-7-13(8-6-12)21-9-10-1-3-11(4-2-10)14(19)20/h1-8H,9H2,(H2,19,20). The molecule has 2 rings (SSSR count). The first-order chi connectivity index (χ1) is 9.86. The highest BCUT2D eigenvalue weighted by molar-refractivity contribution is 7.98. The largest absolute Gasteiger partial charge is 0.416 e. The van der Waals surface area contributed by atoms with Gasteiger partial charge in [0.05, 0.1) is 5.56 Å². The van der Waals surface area contributed by atoms with E-state index in [1.54, 1.807) is 24.3 Å². The highest BCUT2D eigenvalue weighted by Gasteiger charge is 2.29. The van der Waals surface area contributed by atoms with Crippen LogP contribution in [0.25, 0.3) is 0 Å². The third-order valence-electron chi connectivity index (χ3n) is 2.83. The van der Waals surface area contributed by atoms with Gasteiger partial charge in [-0.3, -0.25) is 4.79 Å². The molecule has 0 saturated carbocycles. The third kappa shape index (κ3) is 4.26. The van der Waals surface area contributed by atoms with Crippen LogP contribution in [0.2, 0.25) is 0 Å². The summed E-state index contributed by atoms with van der Waals surface area (Å²) in [5, 5.41) is 0. The van der Waals surface area contributed by atoms with Crippen molar-refractivity contribution in [2.75, 3.05) is 0 Å². The minimum absolute atomic E-state index is 0.429. The summed E-state index contributed by atoms with van der Waals surface area (Å²) in [6, 6.07) is 11.8. The molecule has 0 aliphatic rings. The molecule has 0 bridgehead atoms. The second kappa shape index (κ2) is 6.22. The average Bonchev–Trinajstić information content (AvgIpc) is 2.45. The van der Waals surface area contributed by atoms with Crippen LogP contribution in [-0.4, -0.2) is 5.91 Å². The molecule has 0 aromatic heterocycles. The molecule has 0 aliphatic carbocycles. The molecule has 2 aromatic rings. The first-order valence-electron chi connectivity index (χ1n) is 6.05. The van der Waals surface area contributed by atoms with E-state index < -0.39 is 17.6 Å². The van der Waals surface area contributed by atoms with Crippen LogP contribution >= 0.6 is 11.8 Å². The van der Waals surface area contributed by atoms with Crippen molar-refractivity contribution < 1.29 is 18.0 Å². The van der Waals surface area contributed by atoms with Gasteiger partial charge < -0.3 is 5.73 Å². The number of amides is 1. The number of halogens is 3. The molecule has 2 nitrogen and oxygen atoms in total. The van der Waals surface area contributed by atoms with Gasteiger partial charge >= 0.3 is 6.18 Å². The van der Waals surface area contributed by atoms with Gasteiger partial charge in [-0.2, -0.15) is 13.2 Å². The summed E-state index contributed by atoms with van der Waals surface area (Å²) >= 11 is 1.42. The lowest BCUT2D eigenvalue weighted by Crippen LogP contribution is -2.10. The second-order valence-corrected chi connectivity index (χ2v) is 5.42. The summed E-state index contributed by atoms with van der Waals surface area (Å²) in [4.78, 5) is 11.7. The van der Waals surface area contributed by atoms with Crippen molar-refractivity contribution in [3.8, 4) is 0 Å². The minimum atomic E-state index is -4.31. The quantitative estimate of drug-likeness (QED) is 0.864. The molecule has 0 spiro atoms. The molecule has 0 fully saturated rings. The van der Waals surface area contributed by atoms with E-state index in [0.29, 0.717) is 11.3 Å². The number of hydrogen-bond acceptors (Lipinski definition) is 2. The fraction of sp³-hybridized carbons (Fsp3) is 0.133. The number of alkyl halides is 3. The number of hydrogen-bond donors (Lipinski definition) is 1. The number of primary amides is 1. The summed E-state index contributed by atoms with van der Waals surface area (Å²) < 4.78 is 37.3. The van der Waals surface area contributed by atoms with Crippen molar-refractivity contribution in [1.29, 1.82) is 0 Å². The van der Waals surface area contributed by atoms with Crippen molar-refractivity contribution in [2.24, 2.45) is 5.73 Å². The Kier molecular flexibility index (Phi) is 4.57. The van der Waals surface area contributed by atoms with Gasteiger partial charge in [-0.25, -0.2) is 0 Å². The van der Waals surface area contributed by atoms with Crippen LogP contribution in [0, 0.1) is 0 Å². The number of carbonyl (C=O) groups excluding carboxylic acids is 1. The fourth-order valence-corrected chi connectivity index (χ4v) is 2.53. The normalized spacial score (nSPS) is 11.4. The Labute approximate surface area is 124 Å². The molecule has 0 saturated heterocycles. The summed E-state index contributed by atoms with van der Waals surface area (Å²) in [5.74, 6) is 0.113. The zero-order chi connectivity index (χ0) is 15.5. The molecule has 1 amide bonds. The van der Waals surface area contributed by atoms with Crippen LogP contribution in [0.1, 0.15) is 21.5 Å². The van der Waals surface area contributed by atoms with Crippen molar-refractivity contribution in [1.82, 2.24) is 0 Å². The Hall–Kier alpha value is -1.95. The first kappa shape index (κ1) is 15.4. The van der Waals surface area contributed by atoms with Crippen LogP contribution in [0.4, 0.5) is 13.2 Å². The van der Waals surface area contributed by atoms with Crippen LogP contribution < -0.4 is 5.73 Å². The van der Waals surface area contributed by atoms with Crippen LogP contribution in [-0.2, 0) is 11.9 Å². The SMILES string of the molecule is NC(=O)c1ccc(CSc2ccc(C(F)(F)F)cc2)cc1. The van der Waals surface area contributed by atoms with Gasteiger partial charge in [-0.05, 0) is 42.0 Å². The lowest BCUT2D eigenvalue weighted by molar-refractivity contribution is -0.137. The predicted molar refractivity (Wildman–Crippen MR) is 76.0 cm³/mol. The number of rotatable bonds is 4. The first-order valence-corrected chi connectivity index (χ1v) is 7.03. The number of benzene rings is 2. The third-order valence-corrected chi connectivity index (χ3v) is 3.91.